The number of rotatable bonds is 3. The van der Waals surface area contributed by atoms with Crippen LogP contribution in [0.2, 0.25) is 0 Å². The number of nitrogens with zero attached hydrogens (tertiary/aromatic N) is 3. The second kappa shape index (κ2) is 11.0. The maximum absolute atomic E-state index is 16.0. The molecule has 0 bridgehead atoms. The maximum Gasteiger partial charge on any atom is 0.420 e. The van der Waals surface area contributed by atoms with Crippen LogP contribution in [0.25, 0.3) is 71.0 Å². The molecule has 0 aliphatic heterocycles. The zero-order valence-electron chi connectivity index (χ0n) is 26.6. The number of hydrogen-bond donors (Lipinski definition) is 0. The third-order valence-electron chi connectivity index (χ3n) is 9.36. The van der Waals surface area contributed by atoms with Gasteiger partial charge in [-0.25, -0.2) is 4.85 Å². The Kier molecular flexibility index (Phi) is 6.88. The molecule has 0 saturated carbocycles. The molecule has 2 aromatic heterocycles. The molecule has 8 rings (SSSR count). The molecule has 0 N–H and O–H groups in total. The van der Waals surface area contributed by atoms with Gasteiger partial charge in [0.2, 0.25) is 0 Å². The minimum absolute atomic E-state index is 0.0305. The summed E-state index contributed by atoms with van der Waals surface area (Å²) in [6, 6.07) is 30.8. The molecule has 0 fully saturated rings. The number of para-hydroxylation sites is 4. The van der Waals surface area contributed by atoms with Gasteiger partial charge in [-0.05, 0) is 78.6 Å². The molecule has 0 saturated heterocycles. The van der Waals surface area contributed by atoms with Crippen molar-refractivity contribution in [3.63, 3.8) is 0 Å². The van der Waals surface area contributed by atoms with Crippen LogP contribution >= 0.6 is 0 Å². The van der Waals surface area contributed by atoms with E-state index in [1.807, 2.05) is 74.5 Å². The van der Waals surface area contributed by atoms with Gasteiger partial charge in [-0.3, -0.25) is 0 Å². The van der Waals surface area contributed by atoms with E-state index in [9.17, 15) is 13.2 Å². The van der Waals surface area contributed by atoms with Crippen LogP contribution in [0.1, 0.15) is 22.3 Å². The Bertz CT molecular complexity index is 2580. The number of alkyl halides is 6. The zero-order chi connectivity index (χ0) is 35.1. The highest BCUT2D eigenvalue weighted by Crippen LogP contribution is 2.47. The van der Waals surface area contributed by atoms with Gasteiger partial charge < -0.3 is 9.13 Å². The van der Waals surface area contributed by atoms with Crippen LogP contribution in [0.5, 0.6) is 0 Å². The van der Waals surface area contributed by atoms with Gasteiger partial charge >= 0.3 is 12.4 Å². The van der Waals surface area contributed by atoms with E-state index in [1.165, 1.54) is 18.2 Å². The summed E-state index contributed by atoms with van der Waals surface area (Å²) >= 11 is 0. The van der Waals surface area contributed by atoms with Crippen molar-refractivity contribution >= 4 is 49.3 Å². The smallest absolute Gasteiger partial charge is 0.308 e. The highest BCUT2D eigenvalue weighted by Gasteiger charge is 2.40. The van der Waals surface area contributed by atoms with Crippen molar-refractivity contribution < 1.29 is 26.3 Å². The molecule has 0 radical (unpaired) electrons. The molecule has 9 heteroatoms. The second-order valence-electron chi connectivity index (χ2n) is 12.4. The molecular formula is C41H25F6N3. The molecule has 6 aromatic carbocycles. The lowest BCUT2D eigenvalue weighted by Gasteiger charge is -2.24. The van der Waals surface area contributed by atoms with E-state index in [-0.39, 0.29) is 28.2 Å². The predicted octanol–water partition coefficient (Wildman–Crippen LogP) is 12.8. The van der Waals surface area contributed by atoms with Gasteiger partial charge in [-0.2, -0.15) is 26.3 Å². The molecule has 0 aliphatic rings. The molecule has 0 aliphatic carbocycles. The van der Waals surface area contributed by atoms with Gasteiger partial charge in [-0.15, -0.1) is 0 Å². The van der Waals surface area contributed by atoms with Crippen LogP contribution in [-0.2, 0) is 12.4 Å². The monoisotopic (exact) mass is 673 g/mol. The van der Waals surface area contributed by atoms with E-state index in [1.54, 1.807) is 33.4 Å². The van der Waals surface area contributed by atoms with E-state index >= 15 is 13.2 Å². The Balaban J connectivity index is 1.63. The number of fused-ring (bicyclic) bond motifs is 6. The Morgan fingerprint density at radius 3 is 1.44 bits per heavy atom. The maximum atomic E-state index is 16.0. The van der Waals surface area contributed by atoms with E-state index in [0.717, 1.165) is 44.8 Å². The third-order valence-corrected chi connectivity index (χ3v) is 9.36. The Labute approximate surface area is 282 Å². The highest BCUT2D eigenvalue weighted by molar-refractivity contribution is 6.12. The summed E-state index contributed by atoms with van der Waals surface area (Å²) in [4.78, 5) is 3.28. The summed E-state index contributed by atoms with van der Waals surface area (Å²) in [5.74, 6) is 0. The molecule has 50 heavy (non-hydrogen) atoms. The second-order valence-corrected chi connectivity index (χ2v) is 12.4. The predicted molar refractivity (Wildman–Crippen MR) is 186 cm³/mol. The van der Waals surface area contributed by atoms with Gasteiger partial charge in [0.05, 0.1) is 40.0 Å². The van der Waals surface area contributed by atoms with Crippen molar-refractivity contribution in [2.24, 2.45) is 0 Å². The van der Waals surface area contributed by atoms with E-state index in [2.05, 4.69) is 4.85 Å². The molecule has 0 unspecified atom stereocenters. The number of aryl methyl sites for hydroxylation is 2. The van der Waals surface area contributed by atoms with Gasteiger partial charge in [0.1, 0.15) is 5.56 Å². The largest absolute Gasteiger partial charge is 0.420 e. The first-order valence-corrected chi connectivity index (χ1v) is 15.7. The van der Waals surface area contributed by atoms with E-state index in [4.69, 9.17) is 6.57 Å². The van der Waals surface area contributed by atoms with Crippen LogP contribution in [-0.4, -0.2) is 9.13 Å². The molecule has 2 heterocycles. The normalized spacial score (nSPS) is 12.4. The fraction of sp³-hybridized carbons (Fsp3) is 0.0976. The first kappa shape index (κ1) is 31.3. The number of halogens is 6. The van der Waals surface area contributed by atoms with Crippen LogP contribution < -0.4 is 0 Å². The quantitative estimate of drug-likeness (QED) is 0.131. The Hall–Kier alpha value is -6.01. The van der Waals surface area contributed by atoms with Crippen LogP contribution in [0.4, 0.5) is 32.0 Å². The van der Waals surface area contributed by atoms with Crippen LogP contribution in [0.15, 0.2) is 115 Å². The average molecular weight is 674 g/mol. The van der Waals surface area contributed by atoms with E-state index in [0.29, 0.717) is 22.1 Å². The number of benzene rings is 6. The summed E-state index contributed by atoms with van der Waals surface area (Å²) in [5, 5.41) is 2.94. The molecule has 0 spiro atoms. The van der Waals surface area contributed by atoms with Crippen LogP contribution in [0, 0.1) is 20.4 Å². The minimum Gasteiger partial charge on any atom is -0.308 e. The molecule has 0 amide bonds. The van der Waals surface area contributed by atoms with Crippen molar-refractivity contribution in [1.82, 2.24) is 9.13 Å². The topological polar surface area (TPSA) is 14.2 Å². The lowest BCUT2D eigenvalue weighted by Crippen LogP contribution is -2.16. The third kappa shape index (κ3) is 4.74. The summed E-state index contributed by atoms with van der Waals surface area (Å²) in [7, 11) is 0. The van der Waals surface area contributed by atoms with E-state index < -0.39 is 23.5 Å². The van der Waals surface area contributed by atoms with Crippen molar-refractivity contribution in [3.05, 3.63) is 149 Å². The number of aromatic nitrogens is 2. The van der Waals surface area contributed by atoms with Gasteiger partial charge in [-0.1, -0.05) is 72.8 Å². The van der Waals surface area contributed by atoms with Crippen molar-refractivity contribution in [1.29, 1.82) is 0 Å². The minimum atomic E-state index is -4.92. The zero-order valence-corrected chi connectivity index (χ0v) is 26.6. The summed E-state index contributed by atoms with van der Waals surface area (Å²) in [6.45, 7) is 11.2. The standard InChI is InChI=1S/C41H25F6N3/c1-23-10-8-14-31-29-12-4-6-16-33(29)49(38(23)31)35-20-26(25-18-27(40(42,43)44)22-28(19-25)48-3)21-36(37(35)41(45,46)47)50-34-17-7-5-13-30(34)32-15-9-11-24(2)39(32)50/h4-22H,1-2H3. The highest BCUT2D eigenvalue weighted by atomic mass is 19.4. The number of hydrogen-bond acceptors (Lipinski definition) is 0. The average Bonchev–Trinajstić information content (AvgIpc) is 3.61. The van der Waals surface area contributed by atoms with Crippen LogP contribution in [0.3, 0.4) is 0 Å². The Morgan fingerprint density at radius 2 is 0.980 bits per heavy atom. The molecule has 3 nitrogen and oxygen atoms in total. The molecule has 0 atom stereocenters. The van der Waals surface area contributed by atoms with Crippen molar-refractivity contribution in [2.45, 2.75) is 26.2 Å². The fourth-order valence-electron chi connectivity index (χ4n) is 7.31. The van der Waals surface area contributed by atoms with Crippen molar-refractivity contribution in [2.75, 3.05) is 0 Å². The first-order chi connectivity index (χ1) is 23.9. The summed E-state index contributed by atoms with van der Waals surface area (Å²) in [5.41, 5.74) is 0.844. The summed E-state index contributed by atoms with van der Waals surface area (Å²) in [6.07, 6.45) is -9.71. The van der Waals surface area contributed by atoms with Gasteiger partial charge in [0.25, 0.3) is 0 Å². The fourth-order valence-corrected chi connectivity index (χ4v) is 7.31. The molecular weight excluding hydrogens is 648 g/mol. The molecule has 246 valence electrons. The molecule has 8 aromatic rings. The first-order valence-electron chi connectivity index (χ1n) is 15.7. The van der Waals surface area contributed by atoms with Gasteiger partial charge in [0.15, 0.2) is 5.69 Å². The van der Waals surface area contributed by atoms with Crippen molar-refractivity contribution in [3.8, 4) is 22.5 Å². The SMILES string of the molecule is [C-]#[N+]c1cc(-c2cc(-n3c4ccccc4c4cccc(C)c43)c(C(F)(F)F)c(-n3c4ccccc4c4cccc(C)c43)c2)cc(C(F)(F)F)c1. The van der Waals surface area contributed by atoms with Gasteiger partial charge in [0, 0.05) is 27.1 Å². The lowest BCUT2D eigenvalue weighted by atomic mass is 9.97. The Morgan fingerprint density at radius 1 is 0.520 bits per heavy atom. The lowest BCUT2D eigenvalue weighted by molar-refractivity contribution is -0.138. The summed E-state index contributed by atoms with van der Waals surface area (Å²) < 4.78 is 93.5.